The van der Waals surface area contributed by atoms with Crippen LogP contribution in [0.1, 0.15) is 47.4 Å². The minimum atomic E-state index is -0.895. The lowest BCUT2D eigenvalue weighted by Gasteiger charge is -2.37. The second-order valence-corrected chi connectivity index (χ2v) is 11.7. The van der Waals surface area contributed by atoms with Crippen LogP contribution in [0.3, 0.4) is 0 Å². The lowest BCUT2D eigenvalue weighted by molar-refractivity contribution is -0.195. The molecule has 2 aliphatic rings. The molecule has 1 aromatic heterocycles. The van der Waals surface area contributed by atoms with Crippen LogP contribution in [-0.2, 0) is 24.5 Å². The van der Waals surface area contributed by atoms with Crippen molar-refractivity contribution in [3.05, 3.63) is 130 Å². The zero-order valence-corrected chi connectivity index (χ0v) is 24.6. The fourth-order valence-electron chi connectivity index (χ4n) is 5.92. The molecule has 2 unspecified atom stereocenters. The zero-order chi connectivity index (χ0) is 28.6. The molecule has 3 heterocycles. The number of hydrogen-bond donors (Lipinski definition) is 0. The minimum absolute atomic E-state index is 0.225. The molecule has 0 spiro atoms. The molecule has 3 aromatic carbocycles. The molecule has 6 rings (SSSR count). The smallest absolute Gasteiger partial charge is 0.164 e. The predicted octanol–water partition coefficient (Wildman–Crippen LogP) is 7.01. The van der Waals surface area contributed by atoms with E-state index >= 15 is 0 Å². The quantitative estimate of drug-likeness (QED) is 0.125. The molecule has 0 aliphatic carbocycles. The summed E-state index contributed by atoms with van der Waals surface area (Å²) < 4.78 is 26.4. The van der Waals surface area contributed by atoms with Crippen LogP contribution in [-0.4, -0.2) is 46.8 Å². The third-order valence-corrected chi connectivity index (χ3v) is 8.25. The van der Waals surface area contributed by atoms with E-state index in [1.54, 1.807) is 13.0 Å². The fourth-order valence-corrected chi connectivity index (χ4v) is 6.47. The van der Waals surface area contributed by atoms with Gasteiger partial charge in [-0.2, -0.15) is 0 Å². The highest BCUT2D eigenvalue weighted by Crippen LogP contribution is 2.46. The van der Waals surface area contributed by atoms with Crippen LogP contribution in [0.25, 0.3) is 0 Å². The monoisotopic (exact) mass is 590 g/mol. The first-order chi connectivity index (χ1) is 19.8. The van der Waals surface area contributed by atoms with Crippen molar-refractivity contribution >= 4 is 23.2 Å². The van der Waals surface area contributed by atoms with E-state index in [0.29, 0.717) is 16.7 Å². The average molecular weight is 592 g/mol. The Bertz CT molecular complexity index is 1360. The maximum absolute atomic E-state index is 7.07. The highest BCUT2D eigenvalue weighted by Gasteiger charge is 2.57. The Balaban J connectivity index is 1.37. The molecule has 0 amide bonds. The summed E-state index contributed by atoms with van der Waals surface area (Å²) in [5.74, 6) is -0.268. The lowest BCUT2D eigenvalue weighted by Crippen LogP contribution is -2.39. The van der Waals surface area contributed by atoms with E-state index in [1.807, 2.05) is 68.4 Å². The summed E-state index contributed by atoms with van der Waals surface area (Å²) in [5, 5.41) is -0.304. The first-order valence-electron chi connectivity index (χ1n) is 13.7. The van der Waals surface area contributed by atoms with Gasteiger partial charge in [-0.3, -0.25) is 0 Å². The number of benzene rings is 3. The maximum atomic E-state index is 7.07. The number of aryl methyl sites for hydroxylation is 1. The van der Waals surface area contributed by atoms with Crippen molar-refractivity contribution in [1.82, 2.24) is 9.97 Å². The van der Waals surface area contributed by atoms with E-state index in [1.165, 1.54) is 0 Å². The Labute approximate surface area is 250 Å². The van der Waals surface area contributed by atoms with Crippen molar-refractivity contribution in [2.45, 2.75) is 62.0 Å². The molecular formula is C33H32Cl2N2O4. The SMILES string of the molecule is Cc1nc(Cl)cc(C(Cl)C2O[C@H](COC(c3ccccc3)(c3ccccc3)c3ccccc3)[C@H]3OC(C)(C)O[C@@H]23)n1. The summed E-state index contributed by atoms with van der Waals surface area (Å²) in [5.41, 5.74) is 2.71. The molecule has 41 heavy (non-hydrogen) atoms. The molecule has 2 fully saturated rings. The van der Waals surface area contributed by atoms with E-state index in [-0.39, 0.29) is 6.61 Å². The van der Waals surface area contributed by atoms with Crippen LogP contribution in [0.2, 0.25) is 5.15 Å². The van der Waals surface area contributed by atoms with Crippen LogP contribution in [0.5, 0.6) is 0 Å². The maximum Gasteiger partial charge on any atom is 0.164 e. The lowest BCUT2D eigenvalue weighted by atomic mass is 9.80. The number of fused-ring (bicyclic) bond motifs is 1. The van der Waals surface area contributed by atoms with Gasteiger partial charge in [-0.25, -0.2) is 9.97 Å². The van der Waals surface area contributed by atoms with Crippen molar-refractivity contribution in [2.24, 2.45) is 0 Å². The zero-order valence-electron chi connectivity index (χ0n) is 23.1. The summed E-state index contributed by atoms with van der Waals surface area (Å²) >= 11 is 13.2. The van der Waals surface area contributed by atoms with E-state index in [0.717, 1.165) is 16.7 Å². The average Bonchev–Trinajstić information content (AvgIpc) is 3.47. The standard InChI is InChI=1S/C33H32Cl2N2O4/c1-21-36-25(19-27(34)37-21)28(35)30-31-29(40-32(2,3)41-31)26(39-30)20-38-33(22-13-7-4-8-14-22,23-15-9-5-10-16-23)24-17-11-6-12-18-24/h4-19,26,28-31H,20H2,1-3H3/t26-,28?,29-,30?,31-/m1/s1. The Morgan fingerprint density at radius 3 is 1.85 bits per heavy atom. The molecule has 6 nitrogen and oxygen atoms in total. The summed E-state index contributed by atoms with van der Waals surface area (Å²) in [6.07, 6.45) is -1.81. The molecule has 0 radical (unpaired) electrons. The highest BCUT2D eigenvalue weighted by atomic mass is 35.5. The molecule has 2 saturated heterocycles. The van der Waals surface area contributed by atoms with Gasteiger partial charge < -0.3 is 18.9 Å². The van der Waals surface area contributed by atoms with Gasteiger partial charge in [0, 0.05) is 0 Å². The van der Waals surface area contributed by atoms with Crippen LogP contribution >= 0.6 is 23.2 Å². The molecule has 0 saturated carbocycles. The van der Waals surface area contributed by atoms with Crippen molar-refractivity contribution in [2.75, 3.05) is 6.61 Å². The summed E-state index contributed by atoms with van der Waals surface area (Å²) in [6.45, 7) is 5.81. The van der Waals surface area contributed by atoms with Gasteiger partial charge in [0.15, 0.2) is 5.79 Å². The second-order valence-electron chi connectivity index (χ2n) is 10.9. The number of rotatable bonds is 8. The Morgan fingerprint density at radius 1 is 0.829 bits per heavy atom. The van der Waals surface area contributed by atoms with Gasteiger partial charge >= 0.3 is 0 Å². The fraction of sp³-hybridized carbons (Fsp3) is 0.333. The highest BCUT2D eigenvalue weighted by molar-refractivity contribution is 6.29. The van der Waals surface area contributed by atoms with Crippen LogP contribution < -0.4 is 0 Å². The number of halogens is 2. The number of alkyl halides is 1. The van der Waals surface area contributed by atoms with E-state index in [4.69, 9.17) is 42.1 Å². The molecule has 8 heteroatoms. The third-order valence-electron chi connectivity index (χ3n) is 7.59. The molecule has 0 bridgehead atoms. The summed E-state index contributed by atoms with van der Waals surface area (Å²) in [4.78, 5) is 8.69. The normalized spacial score (nSPS) is 24.2. The number of hydrogen-bond acceptors (Lipinski definition) is 6. The van der Waals surface area contributed by atoms with Crippen LogP contribution in [0, 0.1) is 6.92 Å². The first kappa shape index (κ1) is 28.3. The van der Waals surface area contributed by atoms with E-state index in [2.05, 4.69) is 46.4 Å². The van der Waals surface area contributed by atoms with Gasteiger partial charge in [-0.05, 0) is 43.5 Å². The van der Waals surface area contributed by atoms with E-state index in [9.17, 15) is 0 Å². The van der Waals surface area contributed by atoms with Gasteiger partial charge in [-0.15, -0.1) is 11.6 Å². The van der Waals surface area contributed by atoms with Gasteiger partial charge in [0.2, 0.25) is 0 Å². The molecule has 212 valence electrons. The Morgan fingerprint density at radius 2 is 1.34 bits per heavy atom. The van der Waals surface area contributed by atoms with Gasteiger partial charge in [0.05, 0.1) is 12.3 Å². The van der Waals surface area contributed by atoms with Crippen molar-refractivity contribution in [3.8, 4) is 0 Å². The second kappa shape index (κ2) is 11.4. The van der Waals surface area contributed by atoms with Crippen LogP contribution in [0.4, 0.5) is 0 Å². The molecule has 0 N–H and O–H groups in total. The topological polar surface area (TPSA) is 62.7 Å². The van der Waals surface area contributed by atoms with Crippen molar-refractivity contribution in [1.29, 1.82) is 0 Å². The predicted molar refractivity (Wildman–Crippen MR) is 158 cm³/mol. The number of ether oxygens (including phenoxy) is 4. The molecule has 5 atom stereocenters. The van der Waals surface area contributed by atoms with Crippen LogP contribution in [0.15, 0.2) is 97.1 Å². The summed E-state index contributed by atoms with van der Waals surface area (Å²) in [6, 6.07) is 32.4. The van der Waals surface area contributed by atoms with Gasteiger partial charge in [-0.1, -0.05) is 103 Å². The Hall–Kier alpha value is -2.84. The number of nitrogens with zero attached hydrogens (tertiary/aromatic N) is 2. The third kappa shape index (κ3) is 5.53. The minimum Gasteiger partial charge on any atom is -0.365 e. The van der Waals surface area contributed by atoms with Crippen molar-refractivity contribution in [3.63, 3.8) is 0 Å². The summed E-state index contributed by atoms with van der Waals surface area (Å²) in [7, 11) is 0. The largest absolute Gasteiger partial charge is 0.365 e. The molecule has 2 aliphatic heterocycles. The van der Waals surface area contributed by atoms with Crippen molar-refractivity contribution < 1.29 is 18.9 Å². The molecule has 4 aromatic rings. The van der Waals surface area contributed by atoms with E-state index < -0.39 is 41.2 Å². The first-order valence-corrected chi connectivity index (χ1v) is 14.5. The van der Waals surface area contributed by atoms with Gasteiger partial charge in [0.25, 0.3) is 0 Å². The Kier molecular flexibility index (Phi) is 7.90. The number of aromatic nitrogens is 2. The molecular weight excluding hydrogens is 559 g/mol. The van der Waals surface area contributed by atoms with Gasteiger partial charge in [0.1, 0.15) is 46.4 Å².